The van der Waals surface area contributed by atoms with Crippen LogP contribution >= 0.6 is 0 Å². The van der Waals surface area contributed by atoms with Crippen molar-refractivity contribution in [2.24, 2.45) is 14.1 Å². The van der Waals surface area contributed by atoms with E-state index >= 15 is 0 Å². The van der Waals surface area contributed by atoms with E-state index in [0.717, 1.165) is 17.6 Å². The number of pyridine rings is 1. The van der Waals surface area contributed by atoms with E-state index in [1.54, 1.807) is 24.7 Å². The van der Waals surface area contributed by atoms with Crippen LogP contribution in [0.3, 0.4) is 0 Å². The van der Waals surface area contributed by atoms with Crippen molar-refractivity contribution in [1.29, 1.82) is 0 Å². The second-order valence-corrected chi connectivity index (χ2v) is 8.79. The number of nitrogens with one attached hydrogen (secondary N) is 2. The number of nitrogens with zero attached hydrogens (tertiary/aromatic N) is 5. The lowest BCUT2D eigenvalue weighted by Crippen LogP contribution is -2.46. The molecule has 1 aliphatic carbocycles. The molecule has 5 rings (SSSR count). The van der Waals surface area contributed by atoms with Gasteiger partial charge in [-0.1, -0.05) is 6.07 Å². The highest BCUT2D eigenvalue weighted by Gasteiger charge is 2.30. The summed E-state index contributed by atoms with van der Waals surface area (Å²) < 4.78 is 34.2. The summed E-state index contributed by atoms with van der Waals surface area (Å²) in [7, 11) is 3.28. The van der Waals surface area contributed by atoms with Crippen LogP contribution in [0.25, 0.3) is 16.7 Å². The molecule has 3 aromatic heterocycles. The third-order valence-corrected chi connectivity index (χ3v) is 6.73. The third kappa shape index (κ3) is 4.04. The van der Waals surface area contributed by atoms with E-state index in [9.17, 15) is 13.6 Å². The van der Waals surface area contributed by atoms with Crippen LogP contribution in [0.4, 0.5) is 8.78 Å². The van der Waals surface area contributed by atoms with Gasteiger partial charge in [-0.05, 0) is 31.4 Å². The molecule has 4 aromatic rings. The topological polar surface area (TPSA) is 81.2 Å². The number of rotatable bonds is 6. The van der Waals surface area contributed by atoms with Crippen molar-refractivity contribution >= 4 is 16.7 Å². The predicted molar refractivity (Wildman–Crippen MR) is 121 cm³/mol. The average molecular weight is 456 g/mol. The minimum atomic E-state index is -1.03. The molecule has 0 bridgehead atoms. The number of halogens is 2. The van der Waals surface area contributed by atoms with Gasteiger partial charge in [0.05, 0.1) is 11.0 Å². The number of aryl methyl sites for hydroxylation is 2. The van der Waals surface area contributed by atoms with Gasteiger partial charge >= 0.3 is 5.69 Å². The van der Waals surface area contributed by atoms with E-state index in [4.69, 9.17) is 0 Å². The van der Waals surface area contributed by atoms with E-state index in [1.807, 2.05) is 18.3 Å². The van der Waals surface area contributed by atoms with Crippen LogP contribution in [-0.2, 0) is 27.2 Å². The molecule has 0 saturated heterocycles. The van der Waals surface area contributed by atoms with Gasteiger partial charge in [0.25, 0.3) is 0 Å². The fourth-order valence-electron chi connectivity index (χ4n) is 4.77. The second-order valence-electron chi connectivity index (χ2n) is 8.79. The lowest BCUT2D eigenvalue weighted by molar-refractivity contribution is 0.160. The van der Waals surface area contributed by atoms with Crippen molar-refractivity contribution in [2.45, 2.75) is 50.6 Å². The number of hydrogen-bond donors (Lipinski definition) is 2. The second kappa shape index (κ2) is 8.68. The number of alkyl halides is 1. The summed E-state index contributed by atoms with van der Waals surface area (Å²) in [6.07, 6.45) is 4.20. The van der Waals surface area contributed by atoms with Crippen LogP contribution in [-0.4, -0.2) is 42.0 Å². The number of aromatic nitrogens is 5. The molecule has 174 valence electrons. The van der Waals surface area contributed by atoms with Crippen molar-refractivity contribution in [3.05, 3.63) is 64.2 Å². The summed E-state index contributed by atoms with van der Waals surface area (Å²) in [5, 5.41) is 10.8. The van der Waals surface area contributed by atoms with Crippen molar-refractivity contribution in [3.8, 4) is 0 Å². The first-order valence-electron chi connectivity index (χ1n) is 11.1. The molecular weight excluding hydrogens is 428 g/mol. The molecule has 0 unspecified atom stereocenters. The molecule has 1 aromatic carbocycles. The van der Waals surface area contributed by atoms with E-state index in [-0.39, 0.29) is 24.3 Å². The first-order valence-corrected chi connectivity index (χ1v) is 11.1. The Morgan fingerprint density at radius 1 is 1.09 bits per heavy atom. The normalized spacial score (nSPS) is 21.3. The highest BCUT2D eigenvalue weighted by molar-refractivity contribution is 5.77. The first-order chi connectivity index (χ1) is 15.9. The van der Waals surface area contributed by atoms with Crippen LogP contribution < -0.4 is 16.3 Å². The van der Waals surface area contributed by atoms with Crippen molar-refractivity contribution in [1.82, 2.24) is 34.4 Å². The number of fused-ring (bicyclic) bond motifs is 2. The Kier molecular flexibility index (Phi) is 5.71. The van der Waals surface area contributed by atoms with Gasteiger partial charge in [0.15, 0.2) is 5.65 Å². The van der Waals surface area contributed by atoms with Crippen LogP contribution in [0.1, 0.15) is 30.4 Å². The van der Waals surface area contributed by atoms with Crippen LogP contribution in [0.5, 0.6) is 0 Å². The van der Waals surface area contributed by atoms with Gasteiger partial charge in [-0.15, -0.1) is 0 Å². The zero-order valence-electron chi connectivity index (χ0n) is 18.6. The number of benzene rings is 1. The summed E-state index contributed by atoms with van der Waals surface area (Å²) in [4.78, 5) is 16.4. The van der Waals surface area contributed by atoms with Gasteiger partial charge in [-0.3, -0.25) is 9.13 Å². The van der Waals surface area contributed by atoms with Crippen molar-refractivity contribution in [2.75, 3.05) is 0 Å². The number of hydrogen-bond acceptors (Lipinski definition) is 5. The van der Waals surface area contributed by atoms with Gasteiger partial charge < -0.3 is 10.6 Å². The lowest BCUT2D eigenvalue weighted by atomic mass is 9.89. The Hall–Kier alpha value is -3.11. The van der Waals surface area contributed by atoms with E-state index in [0.29, 0.717) is 36.0 Å². The smallest absolute Gasteiger partial charge is 0.310 e. The minimum absolute atomic E-state index is 0.0631. The Morgan fingerprint density at radius 3 is 2.64 bits per heavy atom. The first kappa shape index (κ1) is 21.7. The van der Waals surface area contributed by atoms with Crippen LogP contribution in [0, 0.1) is 5.82 Å². The molecule has 1 fully saturated rings. The third-order valence-electron chi connectivity index (χ3n) is 6.73. The van der Waals surface area contributed by atoms with Gasteiger partial charge in [-0.25, -0.2) is 23.1 Å². The molecule has 0 amide bonds. The van der Waals surface area contributed by atoms with E-state index < -0.39 is 12.0 Å². The highest BCUT2D eigenvalue weighted by Crippen LogP contribution is 2.24. The molecule has 3 atom stereocenters. The summed E-state index contributed by atoms with van der Waals surface area (Å²) in [6.45, 7) is 0.808. The van der Waals surface area contributed by atoms with Gasteiger partial charge in [-0.2, -0.15) is 5.10 Å². The molecule has 2 N–H and O–H groups in total. The standard InChI is InChI=1S/C23H27F2N7O/c1-30-20-8-15(17(24)10-21(20)31(2)23(30)33)12-27-19-6-5-16(9-18(19)25)26-11-14-4-3-7-32-22(14)28-13-29-32/h3-4,7-8,10,13,16,18-19,26-27H,5-6,9,11-12H2,1-2H3/t16-,18+,19-/m1/s1. The SMILES string of the molecule is Cn1c(=O)n(C)c2cc(CN[C@@H]3CC[C@@H](NCc4cccn5ncnc45)C[C@@H]3F)c(F)cc21. The van der Waals surface area contributed by atoms with Gasteiger partial charge in [0, 0.05) is 62.7 Å². The Morgan fingerprint density at radius 2 is 1.85 bits per heavy atom. The molecule has 1 saturated carbocycles. The van der Waals surface area contributed by atoms with Crippen LogP contribution in [0.2, 0.25) is 0 Å². The molecule has 1 aliphatic rings. The fourth-order valence-corrected chi connectivity index (χ4v) is 4.77. The molecule has 10 heteroatoms. The van der Waals surface area contributed by atoms with Crippen molar-refractivity contribution in [3.63, 3.8) is 0 Å². The molecule has 0 spiro atoms. The lowest BCUT2D eigenvalue weighted by Gasteiger charge is -2.33. The molecule has 0 radical (unpaired) electrons. The molecule has 8 nitrogen and oxygen atoms in total. The number of imidazole rings is 1. The monoisotopic (exact) mass is 455 g/mol. The zero-order valence-corrected chi connectivity index (χ0v) is 18.6. The summed E-state index contributed by atoms with van der Waals surface area (Å²) >= 11 is 0. The Balaban J connectivity index is 1.19. The molecule has 0 aliphatic heterocycles. The minimum Gasteiger partial charge on any atom is -0.310 e. The van der Waals surface area contributed by atoms with E-state index in [1.165, 1.54) is 21.5 Å². The average Bonchev–Trinajstić information content (AvgIpc) is 3.37. The summed E-state index contributed by atoms with van der Waals surface area (Å²) in [6, 6.07) is 6.68. The predicted octanol–water partition coefficient (Wildman–Crippen LogP) is 2.20. The maximum Gasteiger partial charge on any atom is 0.328 e. The Labute approximate surface area is 189 Å². The van der Waals surface area contributed by atoms with Crippen LogP contribution in [0.15, 0.2) is 41.6 Å². The zero-order chi connectivity index (χ0) is 23.1. The quantitative estimate of drug-likeness (QED) is 0.466. The molecule has 33 heavy (non-hydrogen) atoms. The maximum atomic E-state index is 14.9. The van der Waals surface area contributed by atoms with E-state index in [2.05, 4.69) is 20.7 Å². The van der Waals surface area contributed by atoms with Crippen molar-refractivity contribution < 1.29 is 8.78 Å². The molecular formula is C23H27F2N7O. The summed E-state index contributed by atoms with van der Waals surface area (Å²) in [5.74, 6) is -0.399. The van der Waals surface area contributed by atoms with Gasteiger partial charge in [0.2, 0.25) is 0 Å². The Bertz CT molecular complexity index is 1360. The summed E-state index contributed by atoms with van der Waals surface area (Å²) in [5.41, 5.74) is 3.24. The maximum absolute atomic E-state index is 14.9. The van der Waals surface area contributed by atoms with Gasteiger partial charge in [0.1, 0.15) is 18.3 Å². The fraction of sp³-hybridized carbons (Fsp3) is 0.435. The molecule has 3 heterocycles. The highest BCUT2D eigenvalue weighted by atomic mass is 19.1. The largest absolute Gasteiger partial charge is 0.328 e.